The molecule has 1 heterocycles. The lowest BCUT2D eigenvalue weighted by Crippen LogP contribution is -2.54. The van der Waals surface area contributed by atoms with Gasteiger partial charge in [0.2, 0.25) is 5.91 Å². The van der Waals surface area contributed by atoms with Crippen molar-refractivity contribution in [2.24, 2.45) is 17.1 Å². The van der Waals surface area contributed by atoms with Crippen LogP contribution in [-0.2, 0) is 4.79 Å². The second-order valence-corrected chi connectivity index (χ2v) is 6.67. The second kappa shape index (κ2) is 5.75. The smallest absolute Gasteiger partial charge is 0.235 e. The van der Waals surface area contributed by atoms with Gasteiger partial charge >= 0.3 is 0 Å². The van der Waals surface area contributed by atoms with E-state index in [1.807, 2.05) is 11.9 Å². The molecule has 2 aliphatic rings. The molecule has 1 aliphatic heterocycles. The third-order valence-electron chi connectivity index (χ3n) is 4.81. The van der Waals surface area contributed by atoms with Crippen molar-refractivity contribution in [1.82, 2.24) is 9.80 Å². The minimum atomic E-state index is -0.518. The maximum absolute atomic E-state index is 12.6. The molecule has 0 spiro atoms. The summed E-state index contributed by atoms with van der Waals surface area (Å²) in [6.45, 7) is 3.11. The number of piperidine rings is 1. The maximum Gasteiger partial charge on any atom is 0.235 e. The van der Waals surface area contributed by atoms with Crippen molar-refractivity contribution in [3.63, 3.8) is 0 Å². The SMILES string of the molecule is CN1CCC(CN(C)C(=O)C2(C(N)=S)CCC2)CC1. The fourth-order valence-corrected chi connectivity index (χ4v) is 3.47. The van der Waals surface area contributed by atoms with E-state index in [1.165, 1.54) is 12.8 Å². The maximum atomic E-state index is 12.6. The van der Waals surface area contributed by atoms with Crippen LogP contribution in [0.15, 0.2) is 0 Å². The predicted octanol–water partition coefficient (Wildman–Crippen LogP) is 1.24. The molecule has 0 radical (unpaired) electrons. The molecular weight excluding hydrogens is 258 g/mol. The van der Waals surface area contributed by atoms with Gasteiger partial charge in [-0.25, -0.2) is 0 Å². The summed E-state index contributed by atoms with van der Waals surface area (Å²) in [6, 6.07) is 0. The van der Waals surface area contributed by atoms with Gasteiger partial charge < -0.3 is 15.5 Å². The average Bonchev–Trinajstić information content (AvgIpc) is 2.30. The summed E-state index contributed by atoms with van der Waals surface area (Å²) in [5, 5.41) is 0. The highest BCUT2D eigenvalue weighted by Crippen LogP contribution is 2.42. The van der Waals surface area contributed by atoms with Crippen molar-refractivity contribution >= 4 is 23.1 Å². The Morgan fingerprint density at radius 3 is 2.42 bits per heavy atom. The summed E-state index contributed by atoms with van der Waals surface area (Å²) in [4.78, 5) is 17.2. The van der Waals surface area contributed by atoms with Crippen LogP contribution in [0.25, 0.3) is 0 Å². The first-order valence-electron chi connectivity index (χ1n) is 7.20. The van der Waals surface area contributed by atoms with Crippen molar-refractivity contribution in [2.45, 2.75) is 32.1 Å². The second-order valence-electron chi connectivity index (χ2n) is 6.23. The zero-order valence-electron chi connectivity index (χ0n) is 12.0. The Bertz CT molecular complexity index is 360. The zero-order valence-corrected chi connectivity index (χ0v) is 12.8. The van der Waals surface area contributed by atoms with E-state index >= 15 is 0 Å². The number of likely N-dealkylation sites (tertiary alicyclic amines) is 1. The molecule has 1 aliphatic carbocycles. The van der Waals surface area contributed by atoms with Crippen LogP contribution < -0.4 is 5.73 Å². The Hall–Kier alpha value is -0.680. The third kappa shape index (κ3) is 2.92. The van der Waals surface area contributed by atoms with E-state index in [2.05, 4.69) is 11.9 Å². The zero-order chi connectivity index (χ0) is 14.0. The average molecular weight is 283 g/mol. The highest BCUT2D eigenvalue weighted by atomic mass is 32.1. The molecule has 2 fully saturated rings. The summed E-state index contributed by atoms with van der Waals surface area (Å²) >= 11 is 5.12. The van der Waals surface area contributed by atoms with E-state index in [-0.39, 0.29) is 5.91 Å². The van der Waals surface area contributed by atoms with Gasteiger partial charge in [0.15, 0.2) is 0 Å². The molecule has 0 atom stereocenters. The van der Waals surface area contributed by atoms with Crippen LogP contribution in [0.1, 0.15) is 32.1 Å². The minimum Gasteiger partial charge on any atom is -0.392 e. The number of amides is 1. The molecule has 4 nitrogen and oxygen atoms in total. The van der Waals surface area contributed by atoms with E-state index in [0.29, 0.717) is 10.9 Å². The Kier molecular flexibility index (Phi) is 4.46. The molecule has 1 amide bonds. The number of hydrogen-bond donors (Lipinski definition) is 1. The van der Waals surface area contributed by atoms with Crippen molar-refractivity contribution in [3.05, 3.63) is 0 Å². The number of hydrogen-bond acceptors (Lipinski definition) is 3. The van der Waals surface area contributed by atoms with Gasteiger partial charge in [-0.05, 0) is 51.7 Å². The van der Waals surface area contributed by atoms with E-state index in [0.717, 1.165) is 38.9 Å². The fourth-order valence-electron chi connectivity index (χ4n) is 3.18. The Morgan fingerprint density at radius 2 is 2.00 bits per heavy atom. The summed E-state index contributed by atoms with van der Waals surface area (Å²) in [5.41, 5.74) is 5.28. The largest absolute Gasteiger partial charge is 0.392 e. The van der Waals surface area contributed by atoms with Gasteiger partial charge in [-0.1, -0.05) is 18.6 Å². The van der Waals surface area contributed by atoms with Crippen LogP contribution in [0.5, 0.6) is 0 Å². The number of nitrogens with zero attached hydrogens (tertiary/aromatic N) is 2. The van der Waals surface area contributed by atoms with E-state index in [9.17, 15) is 4.79 Å². The van der Waals surface area contributed by atoms with E-state index < -0.39 is 5.41 Å². The topological polar surface area (TPSA) is 49.6 Å². The molecule has 0 unspecified atom stereocenters. The Balaban J connectivity index is 1.90. The van der Waals surface area contributed by atoms with E-state index in [4.69, 9.17) is 18.0 Å². The predicted molar refractivity (Wildman–Crippen MR) is 80.9 cm³/mol. The lowest BCUT2D eigenvalue weighted by Gasteiger charge is -2.42. The molecule has 0 aromatic carbocycles. The first-order chi connectivity index (χ1) is 8.95. The van der Waals surface area contributed by atoms with Gasteiger partial charge in [0.1, 0.15) is 0 Å². The number of thiocarbonyl (C=S) groups is 1. The fraction of sp³-hybridized carbons (Fsp3) is 0.857. The summed E-state index contributed by atoms with van der Waals surface area (Å²) in [5.74, 6) is 0.763. The molecule has 108 valence electrons. The van der Waals surface area contributed by atoms with Crippen LogP contribution in [0.2, 0.25) is 0 Å². The molecule has 2 rings (SSSR count). The minimum absolute atomic E-state index is 0.144. The Labute approximate surface area is 121 Å². The summed E-state index contributed by atoms with van der Waals surface area (Å²) < 4.78 is 0. The first kappa shape index (κ1) is 14.7. The molecule has 1 saturated carbocycles. The van der Waals surface area contributed by atoms with Crippen LogP contribution in [0.4, 0.5) is 0 Å². The quantitative estimate of drug-likeness (QED) is 0.789. The highest BCUT2D eigenvalue weighted by Gasteiger charge is 2.48. The monoisotopic (exact) mass is 283 g/mol. The summed E-state index contributed by atoms with van der Waals surface area (Å²) in [7, 11) is 4.06. The van der Waals surface area contributed by atoms with Crippen LogP contribution in [0.3, 0.4) is 0 Å². The number of rotatable bonds is 4. The van der Waals surface area contributed by atoms with Gasteiger partial charge in [0.05, 0.1) is 10.4 Å². The number of nitrogens with two attached hydrogens (primary N) is 1. The van der Waals surface area contributed by atoms with Crippen molar-refractivity contribution in [2.75, 3.05) is 33.7 Å². The van der Waals surface area contributed by atoms with Gasteiger partial charge in [0.25, 0.3) is 0 Å². The molecule has 2 N–H and O–H groups in total. The van der Waals surface area contributed by atoms with Crippen molar-refractivity contribution in [3.8, 4) is 0 Å². The Morgan fingerprint density at radius 1 is 1.42 bits per heavy atom. The molecule has 0 aromatic heterocycles. The van der Waals surface area contributed by atoms with Crippen molar-refractivity contribution < 1.29 is 4.79 Å². The highest BCUT2D eigenvalue weighted by molar-refractivity contribution is 7.80. The van der Waals surface area contributed by atoms with Crippen LogP contribution >= 0.6 is 12.2 Å². The molecular formula is C14H25N3OS. The van der Waals surface area contributed by atoms with Gasteiger partial charge in [-0.15, -0.1) is 0 Å². The molecule has 0 bridgehead atoms. The number of carbonyl (C=O) groups is 1. The van der Waals surface area contributed by atoms with E-state index in [1.54, 1.807) is 0 Å². The van der Waals surface area contributed by atoms with Crippen LogP contribution in [-0.4, -0.2) is 54.4 Å². The third-order valence-corrected chi connectivity index (χ3v) is 5.20. The molecule has 5 heteroatoms. The standard InChI is InChI=1S/C14H25N3OS/c1-16-8-4-11(5-9-16)10-17(2)13(18)14(12(15)19)6-3-7-14/h11H,3-10H2,1-2H3,(H2,15,19). The lowest BCUT2D eigenvalue weighted by atomic mass is 9.67. The van der Waals surface area contributed by atoms with Crippen molar-refractivity contribution in [1.29, 1.82) is 0 Å². The van der Waals surface area contributed by atoms with Gasteiger partial charge in [-0.2, -0.15) is 0 Å². The summed E-state index contributed by atoms with van der Waals surface area (Å²) in [6.07, 6.45) is 5.07. The normalized spacial score (nSPS) is 23.7. The molecule has 1 saturated heterocycles. The number of carbonyl (C=O) groups excluding carboxylic acids is 1. The lowest BCUT2D eigenvalue weighted by molar-refractivity contribution is -0.141. The first-order valence-corrected chi connectivity index (χ1v) is 7.60. The van der Waals surface area contributed by atoms with Gasteiger partial charge in [0, 0.05) is 13.6 Å². The van der Waals surface area contributed by atoms with Gasteiger partial charge in [-0.3, -0.25) is 4.79 Å². The van der Waals surface area contributed by atoms with Crippen LogP contribution in [0, 0.1) is 11.3 Å². The molecule has 0 aromatic rings. The molecule has 19 heavy (non-hydrogen) atoms.